The van der Waals surface area contributed by atoms with Crippen molar-refractivity contribution in [1.29, 1.82) is 0 Å². The van der Waals surface area contributed by atoms with Crippen LogP contribution in [0.2, 0.25) is 0 Å². The molecule has 0 radical (unpaired) electrons. The second kappa shape index (κ2) is 5.15. The van der Waals surface area contributed by atoms with Crippen LogP contribution >= 0.6 is 0 Å². The number of hydrogen-bond acceptors (Lipinski definition) is 1. The van der Waals surface area contributed by atoms with Crippen molar-refractivity contribution in [2.24, 2.45) is 0 Å². The molecule has 0 saturated carbocycles. The van der Waals surface area contributed by atoms with Crippen LogP contribution in [-0.4, -0.2) is 9.61 Å². The van der Waals surface area contributed by atoms with Crippen LogP contribution in [0.1, 0.15) is 5.56 Å². The third kappa shape index (κ3) is 2.09. The first-order valence-electron chi connectivity index (χ1n) is 7.43. The molecule has 0 bridgehead atoms. The zero-order valence-corrected chi connectivity index (χ0v) is 12.4. The molecule has 0 aliphatic rings. The van der Waals surface area contributed by atoms with Crippen molar-refractivity contribution < 1.29 is 0 Å². The Morgan fingerprint density at radius 2 is 1.55 bits per heavy atom. The average Bonchev–Trinajstić information content (AvgIpc) is 2.95. The Bertz CT molecular complexity index is 936. The molecule has 0 atom stereocenters. The summed E-state index contributed by atoms with van der Waals surface area (Å²) < 4.78 is 1.96. The maximum absolute atomic E-state index is 4.82. The van der Waals surface area contributed by atoms with Gasteiger partial charge in [0, 0.05) is 17.3 Å². The van der Waals surface area contributed by atoms with Gasteiger partial charge in [0.15, 0.2) is 0 Å². The lowest BCUT2D eigenvalue weighted by molar-refractivity contribution is 0.965. The van der Waals surface area contributed by atoms with Crippen LogP contribution in [0.15, 0.2) is 79.0 Å². The van der Waals surface area contributed by atoms with E-state index in [-0.39, 0.29) is 0 Å². The Balaban J connectivity index is 2.06. The summed E-state index contributed by atoms with van der Waals surface area (Å²) in [6.07, 6.45) is 2.00. The van der Waals surface area contributed by atoms with E-state index in [1.54, 1.807) is 0 Å². The standard InChI is InChI=1S/C20H16N2/c1-15-8-7-11-17(14-15)20-19(16-9-3-2-4-10-16)18-12-5-6-13-22(18)21-20/h2-14H,1H3. The van der Waals surface area contributed by atoms with E-state index < -0.39 is 0 Å². The van der Waals surface area contributed by atoms with Crippen molar-refractivity contribution in [2.45, 2.75) is 6.92 Å². The number of nitrogens with zero attached hydrogens (tertiary/aromatic N) is 2. The van der Waals surface area contributed by atoms with Crippen LogP contribution < -0.4 is 0 Å². The Morgan fingerprint density at radius 3 is 2.36 bits per heavy atom. The molecule has 4 rings (SSSR count). The van der Waals surface area contributed by atoms with E-state index >= 15 is 0 Å². The normalized spacial score (nSPS) is 11.0. The minimum absolute atomic E-state index is 1.03. The van der Waals surface area contributed by atoms with E-state index in [0.29, 0.717) is 0 Å². The topological polar surface area (TPSA) is 17.3 Å². The number of benzene rings is 2. The molecule has 2 aromatic carbocycles. The molecule has 0 aliphatic carbocycles. The summed E-state index contributed by atoms with van der Waals surface area (Å²) in [5.74, 6) is 0. The van der Waals surface area contributed by atoms with Gasteiger partial charge in [-0.1, -0.05) is 60.2 Å². The maximum Gasteiger partial charge on any atom is 0.101 e. The summed E-state index contributed by atoms with van der Waals surface area (Å²) in [5, 5.41) is 4.82. The zero-order chi connectivity index (χ0) is 14.9. The number of aryl methyl sites for hydroxylation is 1. The van der Waals surface area contributed by atoms with E-state index in [2.05, 4.69) is 67.6 Å². The van der Waals surface area contributed by atoms with Gasteiger partial charge in [-0.2, -0.15) is 5.10 Å². The van der Waals surface area contributed by atoms with Gasteiger partial charge in [0.05, 0.1) is 5.52 Å². The molecule has 0 saturated heterocycles. The summed E-state index contributed by atoms with van der Waals surface area (Å²) in [5.41, 5.74) is 6.94. The summed E-state index contributed by atoms with van der Waals surface area (Å²) in [6.45, 7) is 2.11. The van der Waals surface area contributed by atoms with Crippen LogP contribution in [-0.2, 0) is 0 Å². The van der Waals surface area contributed by atoms with E-state index in [9.17, 15) is 0 Å². The molecular formula is C20H16N2. The van der Waals surface area contributed by atoms with Gasteiger partial charge in [-0.3, -0.25) is 0 Å². The van der Waals surface area contributed by atoms with Gasteiger partial charge in [0.25, 0.3) is 0 Å². The number of aromatic nitrogens is 2. The predicted molar refractivity (Wildman–Crippen MR) is 90.8 cm³/mol. The molecular weight excluding hydrogens is 268 g/mol. The van der Waals surface area contributed by atoms with E-state index in [4.69, 9.17) is 5.10 Å². The fourth-order valence-corrected chi connectivity index (χ4v) is 2.88. The first-order chi connectivity index (χ1) is 10.8. The molecule has 106 valence electrons. The SMILES string of the molecule is Cc1cccc(-c2nn3ccccc3c2-c2ccccc2)c1. The van der Waals surface area contributed by atoms with Gasteiger partial charge < -0.3 is 0 Å². The molecule has 0 fully saturated rings. The van der Waals surface area contributed by atoms with Crippen molar-refractivity contribution in [2.75, 3.05) is 0 Å². The van der Waals surface area contributed by atoms with Crippen LogP contribution in [0.4, 0.5) is 0 Å². The van der Waals surface area contributed by atoms with Crippen LogP contribution in [0.5, 0.6) is 0 Å². The molecule has 0 aliphatic heterocycles. The second-order valence-corrected chi connectivity index (χ2v) is 5.49. The lowest BCUT2D eigenvalue weighted by Gasteiger charge is -2.04. The fraction of sp³-hybridized carbons (Fsp3) is 0.0500. The van der Waals surface area contributed by atoms with E-state index in [0.717, 1.165) is 16.8 Å². The molecule has 0 amide bonds. The Hall–Kier alpha value is -2.87. The summed E-state index contributed by atoms with van der Waals surface area (Å²) in [4.78, 5) is 0. The highest BCUT2D eigenvalue weighted by Crippen LogP contribution is 2.35. The van der Waals surface area contributed by atoms with Crippen molar-refractivity contribution in [3.63, 3.8) is 0 Å². The first kappa shape index (κ1) is 12.8. The highest BCUT2D eigenvalue weighted by atomic mass is 15.2. The summed E-state index contributed by atoms with van der Waals surface area (Å²) in [6, 6.07) is 25.2. The third-order valence-corrected chi connectivity index (χ3v) is 3.89. The van der Waals surface area contributed by atoms with Crippen LogP contribution in [0.25, 0.3) is 27.9 Å². The van der Waals surface area contributed by atoms with E-state index in [1.807, 2.05) is 22.8 Å². The Kier molecular flexibility index (Phi) is 3.01. The monoisotopic (exact) mass is 284 g/mol. The maximum atomic E-state index is 4.82. The zero-order valence-electron chi connectivity index (χ0n) is 12.4. The van der Waals surface area contributed by atoms with E-state index in [1.165, 1.54) is 16.7 Å². The molecule has 22 heavy (non-hydrogen) atoms. The number of pyridine rings is 1. The number of fused-ring (bicyclic) bond motifs is 1. The quantitative estimate of drug-likeness (QED) is 0.507. The molecule has 2 heterocycles. The highest BCUT2D eigenvalue weighted by molar-refractivity contribution is 5.92. The first-order valence-corrected chi connectivity index (χ1v) is 7.43. The Morgan fingerprint density at radius 1 is 0.773 bits per heavy atom. The van der Waals surface area contributed by atoms with Gasteiger partial charge in [0.2, 0.25) is 0 Å². The molecule has 2 aromatic heterocycles. The number of rotatable bonds is 2. The second-order valence-electron chi connectivity index (χ2n) is 5.49. The molecule has 0 spiro atoms. The lowest BCUT2D eigenvalue weighted by Crippen LogP contribution is -1.85. The van der Waals surface area contributed by atoms with Crippen molar-refractivity contribution in [1.82, 2.24) is 9.61 Å². The van der Waals surface area contributed by atoms with Gasteiger partial charge in [-0.15, -0.1) is 0 Å². The van der Waals surface area contributed by atoms with Crippen LogP contribution in [0, 0.1) is 6.92 Å². The van der Waals surface area contributed by atoms with Gasteiger partial charge >= 0.3 is 0 Å². The summed E-state index contributed by atoms with van der Waals surface area (Å²) >= 11 is 0. The number of hydrogen-bond donors (Lipinski definition) is 0. The molecule has 0 unspecified atom stereocenters. The van der Waals surface area contributed by atoms with Gasteiger partial charge in [-0.05, 0) is 30.7 Å². The van der Waals surface area contributed by atoms with Gasteiger partial charge in [0.1, 0.15) is 5.69 Å². The smallest absolute Gasteiger partial charge is 0.101 e. The minimum Gasteiger partial charge on any atom is -0.240 e. The average molecular weight is 284 g/mol. The Labute approximate surface area is 129 Å². The van der Waals surface area contributed by atoms with Crippen molar-refractivity contribution >= 4 is 5.52 Å². The minimum atomic E-state index is 1.03. The molecule has 2 nitrogen and oxygen atoms in total. The lowest BCUT2D eigenvalue weighted by atomic mass is 9.99. The molecule has 4 aromatic rings. The molecule has 2 heteroatoms. The van der Waals surface area contributed by atoms with Gasteiger partial charge in [-0.25, -0.2) is 4.52 Å². The summed E-state index contributed by atoms with van der Waals surface area (Å²) in [7, 11) is 0. The highest BCUT2D eigenvalue weighted by Gasteiger charge is 2.15. The predicted octanol–water partition coefficient (Wildman–Crippen LogP) is 4.98. The van der Waals surface area contributed by atoms with Crippen LogP contribution in [0.3, 0.4) is 0 Å². The fourth-order valence-electron chi connectivity index (χ4n) is 2.88. The third-order valence-electron chi connectivity index (χ3n) is 3.89. The van der Waals surface area contributed by atoms with Crippen molar-refractivity contribution in [3.05, 3.63) is 84.6 Å². The van der Waals surface area contributed by atoms with Crippen molar-refractivity contribution in [3.8, 4) is 22.4 Å². The largest absolute Gasteiger partial charge is 0.240 e. The molecule has 0 N–H and O–H groups in total.